The lowest BCUT2D eigenvalue weighted by molar-refractivity contribution is 0.0693. The van der Waals surface area contributed by atoms with Gasteiger partial charge in [0.05, 0.1) is 0 Å². The zero-order valence-corrected chi connectivity index (χ0v) is 12.0. The average Bonchev–Trinajstić information content (AvgIpc) is 2.32. The number of hydrogen-bond acceptors (Lipinski definition) is 2. The summed E-state index contributed by atoms with van der Waals surface area (Å²) in [5, 5.41) is 9.19. The van der Waals surface area contributed by atoms with Crippen molar-refractivity contribution in [3.05, 3.63) is 62.6 Å². The Bertz CT molecular complexity index is 757. The molecule has 0 spiro atoms. The summed E-state index contributed by atoms with van der Waals surface area (Å²) in [5.74, 6) is -1.19. The van der Waals surface area contributed by atoms with E-state index in [1.54, 1.807) is 19.9 Å². The van der Waals surface area contributed by atoms with Crippen molar-refractivity contribution < 1.29 is 9.90 Å². The molecule has 0 fully saturated rings. The first kappa shape index (κ1) is 14.1. The molecule has 104 valence electrons. The smallest absolute Gasteiger partial charge is 0.341 e. The maximum absolute atomic E-state index is 12.4. The predicted molar refractivity (Wildman–Crippen MR) is 77.9 cm³/mol. The molecule has 1 N–H and O–H groups in total. The predicted octanol–water partition coefficient (Wildman–Crippen LogP) is 2.77. The fraction of sp³-hybridized carbons (Fsp3) is 0.250. The average molecular weight is 271 g/mol. The number of carboxylic acid groups (broad SMARTS) is 1. The van der Waals surface area contributed by atoms with Gasteiger partial charge in [0.15, 0.2) is 0 Å². The SMILES string of the molecule is Cc1ccc(-n2c(C)cc(C)c(C(=O)O)c2=O)cc1C. The molecule has 0 aliphatic heterocycles. The lowest BCUT2D eigenvalue weighted by atomic mass is 10.1. The van der Waals surface area contributed by atoms with Gasteiger partial charge in [-0.15, -0.1) is 0 Å². The molecule has 0 saturated heterocycles. The van der Waals surface area contributed by atoms with Crippen LogP contribution in [-0.2, 0) is 0 Å². The van der Waals surface area contributed by atoms with Gasteiger partial charge in [-0.3, -0.25) is 9.36 Å². The van der Waals surface area contributed by atoms with E-state index >= 15 is 0 Å². The fourth-order valence-corrected chi connectivity index (χ4v) is 2.34. The van der Waals surface area contributed by atoms with Crippen LogP contribution in [0.2, 0.25) is 0 Å². The topological polar surface area (TPSA) is 59.3 Å². The number of carboxylic acids is 1. The summed E-state index contributed by atoms with van der Waals surface area (Å²) in [6.07, 6.45) is 0. The molecule has 0 aliphatic carbocycles. The second-order valence-corrected chi connectivity index (χ2v) is 5.06. The maximum atomic E-state index is 12.4. The molecule has 2 aromatic rings. The van der Waals surface area contributed by atoms with Crippen molar-refractivity contribution in [1.29, 1.82) is 0 Å². The molecule has 0 saturated carbocycles. The third kappa shape index (κ3) is 2.25. The van der Waals surface area contributed by atoms with Gasteiger partial charge in [0.2, 0.25) is 0 Å². The Hall–Kier alpha value is -2.36. The van der Waals surface area contributed by atoms with E-state index in [2.05, 4.69) is 0 Å². The highest BCUT2D eigenvalue weighted by Crippen LogP contribution is 2.16. The van der Waals surface area contributed by atoms with Gasteiger partial charge < -0.3 is 5.11 Å². The lowest BCUT2D eigenvalue weighted by Gasteiger charge is -2.14. The number of aromatic nitrogens is 1. The van der Waals surface area contributed by atoms with E-state index in [9.17, 15) is 14.7 Å². The molecule has 0 bridgehead atoms. The summed E-state index contributed by atoms with van der Waals surface area (Å²) >= 11 is 0. The summed E-state index contributed by atoms with van der Waals surface area (Å²) in [5.41, 5.74) is 3.43. The second kappa shape index (κ2) is 4.96. The molecule has 0 radical (unpaired) electrons. The van der Waals surface area contributed by atoms with Crippen LogP contribution in [0.3, 0.4) is 0 Å². The minimum absolute atomic E-state index is 0.172. The minimum Gasteiger partial charge on any atom is -0.477 e. The first-order valence-electron chi connectivity index (χ1n) is 6.37. The Morgan fingerprint density at radius 3 is 2.20 bits per heavy atom. The molecule has 0 amide bonds. The largest absolute Gasteiger partial charge is 0.477 e. The Morgan fingerprint density at radius 2 is 1.65 bits per heavy atom. The van der Waals surface area contributed by atoms with Crippen molar-refractivity contribution in [2.24, 2.45) is 0 Å². The number of benzene rings is 1. The molecule has 1 heterocycles. The Balaban J connectivity index is 2.80. The van der Waals surface area contributed by atoms with Crippen LogP contribution >= 0.6 is 0 Å². The molecule has 0 unspecified atom stereocenters. The van der Waals surface area contributed by atoms with E-state index in [1.165, 1.54) is 4.57 Å². The number of aryl methyl sites for hydroxylation is 4. The highest BCUT2D eigenvalue weighted by molar-refractivity contribution is 5.89. The first-order valence-corrected chi connectivity index (χ1v) is 6.37. The first-order chi connectivity index (χ1) is 9.32. The van der Waals surface area contributed by atoms with E-state index in [0.717, 1.165) is 16.8 Å². The van der Waals surface area contributed by atoms with Crippen LogP contribution in [0, 0.1) is 27.7 Å². The second-order valence-electron chi connectivity index (χ2n) is 5.06. The van der Waals surface area contributed by atoms with Gasteiger partial charge in [0.1, 0.15) is 5.56 Å². The third-order valence-electron chi connectivity index (χ3n) is 3.55. The van der Waals surface area contributed by atoms with Gasteiger partial charge in [0, 0.05) is 11.4 Å². The zero-order chi connectivity index (χ0) is 15.0. The zero-order valence-electron chi connectivity index (χ0n) is 12.0. The van der Waals surface area contributed by atoms with Crippen molar-refractivity contribution in [2.75, 3.05) is 0 Å². The summed E-state index contributed by atoms with van der Waals surface area (Å²) in [6, 6.07) is 7.37. The number of rotatable bonds is 2. The van der Waals surface area contributed by atoms with E-state index < -0.39 is 11.5 Å². The summed E-state index contributed by atoms with van der Waals surface area (Å²) in [7, 11) is 0. The summed E-state index contributed by atoms with van der Waals surface area (Å²) < 4.78 is 1.45. The number of pyridine rings is 1. The van der Waals surface area contributed by atoms with Gasteiger partial charge in [0.25, 0.3) is 5.56 Å². The normalized spacial score (nSPS) is 10.6. The van der Waals surface area contributed by atoms with Gasteiger partial charge in [-0.2, -0.15) is 0 Å². The molecule has 4 heteroatoms. The van der Waals surface area contributed by atoms with Crippen molar-refractivity contribution >= 4 is 5.97 Å². The molecule has 4 nitrogen and oxygen atoms in total. The molecular formula is C16H17NO3. The van der Waals surface area contributed by atoms with E-state index in [4.69, 9.17) is 0 Å². The van der Waals surface area contributed by atoms with Crippen LogP contribution in [0.5, 0.6) is 0 Å². The number of nitrogens with zero attached hydrogens (tertiary/aromatic N) is 1. The van der Waals surface area contributed by atoms with Gasteiger partial charge >= 0.3 is 5.97 Å². The molecule has 2 rings (SSSR count). The highest BCUT2D eigenvalue weighted by Gasteiger charge is 2.17. The molecule has 20 heavy (non-hydrogen) atoms. The van der Waals surface area contributed by atoms with Crippen LogP contribution in [0.4, 0.5) is 0 Å². The third-order valence-corrected chi connectivity index (χ3v) is 3.55. The summed E-state index contributed by atoms with van der Waals surface area (Å²) in [4.78, 5) is 23.7. The fourth-order valence-electron chi connectivity index (χ4n) is 2.34. The van der Waals surface area contributed by atoms with Crippen molar-refractivity contribution in [2.45, 2.75) is 27.7 Å². The Morgan fingerprint density at radius 1 is 1.00 bits per heavy atom. The highest BCUT2D eigenvalue weighted by atomic mass is 16.4. The molecule has 0 aliphatic rings. The molecular weight excluding hydrogens is 254 g/mol. The molecule has 0 atom stereocenters. The molecule has 1 aromatic carbocycles. The maximum Gasteiger partial charge on any atom is 0.341 e. The lowest BCUT2D eigenvalue weighted by Crippen LogP contribution is -2.28. The van der Waals surface area contributed by atoms with Crippen molar-refractivity contribution in [3.63, 3.8) is 0 Å². The van der Waals surface area contributed by atoms with Crippen molar-refractivity contribution in [3.8, 4) is 5.69 Å². The number of aromatic carboxylic acids is 1. The van der Waals surface area contributed by atoms with Crippen LogP contribution < -0.4 is 5.56 Å². The summed E-state index contributed by atoms with van der Waals surface area (Å²) in [6.45, 7) is 7.40. The van der Waals surface area contributed by atoms with Gasteiger partial charge in [-0.25, -0.2) is 4.79 Å². The van der Waals surface area contributed by atoms with E-state index in [1.807, 2.05) is 32.0 Å². The van der Waals surface area contributed by atoms with Crippen LogP contribution in [-0.4, -0.2) is 15.6 Å². The Kier molecular flexibility index (Phi) is 3.49. The van der Waals surface area contributed by atoms with Gasteiger partial charge in [-0.05, 0) is 62.6 Å². The number of hydrogen-bond donors (Lipinski definition) is 1. The van der Waals surface area contributed by atoms with Crippen LogP contribution in [0.1, 0.15) is 32.7 Å². The minimum atomic E-state index is -1.19. The van der Waals surface area contributed by atoms with Gasteiger partial charge in [-0.1, -0.05) is 6.07 Å². The van der Waals surface area contributed by atoms with E-state index in [0.29, 0.717) is 11.3 Å². The Labute approximate surface area is 117 Å². The standard InChI is InChI=1S/C16H17NO3/c1-9-5-6-13(8-10(9)2)17-12(4)7-11(3)14(15(17)18)16(19)20/h5-8H,1-4H3,(H,19,20). The quantitative estimate of drug-likeness (QED) is 0.913. The monoisotopic (exact) mass is 271 g/mol. The van der Waals surface area contributed by atoms with Crippen LogP contribution in [0.15, 0.2) is 29.1 Å². The molecule has 1 aromatic heterocycles. The van der Waals surface area contributed by atoms with Crippen LogP contribution in [0.25, 0.3) is 5.69 Å². The van der Waals surface area contributed by atoms with Crippen molar-refractivity contribution in [1.82, 2.24) is 4.57 Å². The van der Waals surface area contributed by atoms with E-state index in [-0.39, 0.29) is 5.56 Å². The number of carbonyl (C=O) groups is 1.